The molecule has 156 valence electrons. The van der Waals surface area contributed by atoms with Crippen molar-refractivity contribution in [2.45, 2.75) is 12.0 Å². The van der Waals surface area contributed by atoms with E-state index in [1.54, 1.807) is 19.2 Å². The van der Waals surface area contributed by atoms with Crippen LogP contribution in [-0.4, -0.2) is 24.0 Å². The van der Waals surface area contributed by atoms with Gasteiger partial charge in [-0.3, -0.25) is 4.52 Å². The van der Waals surface area contributed by atoms with Gasteiger partial charge in [-0.05, 0) is 23.3 Å². The molecule has 4 rings (SSSR count). The highest BCUT2D eigenvalue weighted by Crippen LogP contribution is 2.58. The summed E-state index contributed by atoms with van der Waals surface area (Å²) in [6, 6.07) is 16.6. The van der Waals surface area contributed by atoms with Gasteiger partial charge in [-0.1, -0.05) is 65.7 Å². The van der Waals surface area contributed by atoms with E-state index >= 15 is 0 Å². The molecule has 2 N–H and O–H groups in total. The highest BCUT2D eigenvalue weighted by atomic mass is 35.5. The molecule has 30 heavy (non-hydrogen) atoms. The molecular weight excluding hydrogens is 446 g/mol. The van der Waals surface area contributed by atoms with Crippen molar-refractivity contribution in [3.63, 3.8) is 0 Å². The number of benzene rings is 3. The van der Waals surface area contributed by atoms with Gasteiger partial charge in [0.05, 0.1) is 24.3 Å². The Morgan fingerprint density at radius 2 is 1.43 bits per heavy atom. The first-order chi connectivity index (χ1) is 14.4. The van der Waals surface area contributed by atoms with Crippen LogP contribution in [0.3, 0.4) is 0 Å². The van der Waals surface area contributed by atoms with Gasteiger partial charge < -0.3 is 19.3 Å². The van der Waals surface area contributed by atoms with Gasteiger partial charge in [-0.15, -0.1) is 0 Å². The number of fused-ring (bicyclic) bond motifs is 3. The predicted molar refractivity (Wildman–Crippen MR) is 118 cm³/mol. The Morgan fingerprint density at radius 3 is 2.03 bits per heavy atom. The van der Waals surface area contributed by atoms with Gasteiger partial charge in [-0.2, -0.15) is 0 Å². The molecule has 0 unspecified atom stereocenters. The van der Waals surface area contributed by atoms with Gasteiger partial charge in [0.1, 0.15) is 17.1 Å². The summed E-state index contributed by atoms with van der Waals surface area (Å²) >= 11 is 12.9. The quantitative estimate of drug-likeness (QED) is 0.473. The van der Waals surface area contributed by atoms with Crippen LogP contribution in [0.4, 0.5) is 0 Å². The van der Waals surface area contributed by atoms with Crippen LogP contribution in [0.15, 0.2) is 54.6 Å². The Balaban J connectivity index is 2.14. The number of halogens is 2. The first-order valence-corrected chi connectivity index (χ1v) is 11.0. The number of rotatable bonds is 5. The molecule has 1 atom stereocenters. The minimum Gasteiger partial charge on any atom is -0.495 e. The van der Waals surface area contributed by atoms with E-state index in [0.717, 1.165) is 16.7 Å². The standard InChI is InChI=1S/C22H19Cl2O5P/c1-27-20-16(23)10-8-13-12-22(29-30(25)26,14-6-4-3-5-7-14)15-9-11-17(24)21(28-2)19(15)18(13)20/h3-11,25-26H,12H2,1-2H3/t22-/m1/s1. The minimum absolute atomic E-state index is 0.331. The van der Waals surface area contributed by atoms with Crippen LogP contribution in [0, 0.1) is 0 Å². The largest absolute Gasteiger partial charge is 0.495 e. The lowest BCUT2D eigenvalue weighted by atomic mass is 9.72. The number of ether oxygens (including phenoxy) is 2. The van der Waals surface area contributed by atoms with Crippen LogP contribution in [-0.2, 0) is 16.5 Å². The highest BCUT2D eigenvalue weighted by molar-refractivity contribution is 7.39. The Labute approximate surface area is 185 Å². The van der Waals surface area contributed by atoms with Crippen molar-refractivity contribution in [2.24, 2.45) is 0 Å². The fraction of sp³-hybridized carbons (Fsp3) is 0.182. The minimum atomic E-state index is -2.68. The summed E-state index contributed by atoms with van der Waals surface area (Å²) in [5, 5.41) is 0.854. The molecule has 0 amide bonds. The zero-order valence-electron chi connectivity index (χ0n) is 16.2. The smallest absolute Gasteiger partial charge is 0.328 e. The molecule has 0 spiro atoms. The van der Waals surface area contributed by atoms with Crippen molar-refractivity contribution in [1.82, 2.24) is 0 Å². The molecule has 5 nitrogen and oxygen atoms in total. The Morgan fingerprint density at radius 1 is 0.833 bits per heavy atom. The third-order valence-corrected chi connectivity index (χ3v) is 6.39. The van der Waals surface area contributed by atoms with Crippen LogP contribution < -0.4 is 9.47 Å². The molecule has 0 aliphatic heterocycles. The fourth-order valence-electron chi connectivity index (χ4n) is 4.16. The first kappa shape index (κ1) is 21.4. The van der Waals surface area contributed by atoms with Gasteiger partial charge >= 0.3 is 8.60 Å². The van der Waals surface area contributed by atoms with Gasteiger partial charge in [0, 0.05) is 23.1 Å². The lowest BCUT2D eigenvalue weighted by molar-refractivity contribution is 0.0899. The summed E-state index contributed by atoms with van der Waals surface area (Å²) in [5.41, 5.74) is 2.52. The van der Waals surface area contributed by atoms with Crippen molar-refractivity contribution in [2.75, 3.05) is 14.2 Å². The van der Waals surface area contributed by atoms with Gasteiger partial charge in [-0.25, -0.2) is 0 Å². The summed E-state index contributed by atoms with van der Waals surface area (Å²) in [5.74, 6) is 0.924. The van der Waals surface area contributed by atoms with E-state index < -0.39 is 14.2 Å². The molecule has 1 aliphatic rings. The van der Waals surface area contributed by atoms with Gasteiger partial charge in [0.2, 0.25) is 0 Å². The zero-order chi connectivity index (χ0) is 21.5. The van der Waals surface area contributed by atoms with E-state index in [-0.39, 0.29) is 0 Å². The van der Waals surface area contributed by atoms with E-state index in [1.165, 1.54) is 7.11 Å². The predicted octanol–water partition coefficient (Wildman–Crippen LogP) is 5.71. The van der Waals surface area contributed by atoms with Crippen molar-refractivity contribution < 1.29 is 23.8 Å². The molecule has 0 saturated carbocycles. The van der Waals surface area contributed by atoms with Crippen LogP contribution in [0.2, 0.25) is 10.0 Å². The highest BCUT2D eigenvalue weighted by Gasteiger charge is 2.46. The third-order valence-electron chi connectivity index (χ3n) is 5.32. The fourth-order valence-corrected chi connectivity index (χ4v) is 5.18. The monoisotopic (exact) mass is 464 g/mol. The molecule has 0 radical (unpaired) electrons. The van der Waals surface area contributed by atoms with E-state index in [0.29, 0.717) is 39.1 Å². The van der Waals surface area contributed by atoms with E-state index in [2.05, 4.69) is 0 Å². The zero-order valence-corrected chi connectivity index (χ0v) is 18.6. The molecule has 0 saturated heterocycles. The van der Waals surface area contributed by atoms with E-state index in [1.807, 2.05) is 42.5 Å². The maximum absolute atomic E-state index is 9.93. The van der Waals surface area contributed by atoms with Crippen LogP contribution in [0.5, 0.6) is 11.5 Å². The summed E-state index contributed by atoms with van der Waals surface area (Å²) < 4.78 is 17.2. The molecular formula is C22H19Cl2O5P. The van der Waals surface area contributed by atoms with E-state index in [4.69, 9.17) is 37.2 Å². The normalized spacial score (nSPS) is 17.4. The molecule has 0 heterocycles. The molecule has 3 aromatic carbocycles. The summed E-state index contributed by atoms with van der Waals surface area (Å²) in [7, 11) is 0.401. The Bertz CT molecular complexity index is 1090. The first-order valence-electron chi connectivity index (χ1n) is 9.08. The average Bonchev–Trinajstić information content (AvgIpc) is 2.74. The van der Waals surface area contributed by atoms with E-state index in [9.17, 15) is 9.79 Å². The third kappa shape index (κ3) is 3.36. The summed E-state index contributed by atoms with van der Waals surface area (Å²) in [6.07, 6.45) is 0.331. The number of hydrogen-bond acceptors (Lipinski definition) is 5. The lowest BCUT2D eigenvalue weighted by Crippen LogP contribution is -2.36. The molecule has 1 aliphatic carbocycles. The van der Waals surface area contributed by atoms with Crippen LogP contribution >= 0.6 is 31.8 Å². The maximum Gasteiger partial charge on any atom is 0.328 e. The molecule has 0 fully saturated rings. The lowest BCUT2D eigenvalue weighted by Gasteiger charge is -2.41. The summed E-state index contributed by atoms with van der Waals surface area (Å²) in [4.78, 5) is 19.9. The molecule has 8 heteroatoms. The SMILES string of the molecule is COc1c(Cl)ccc2c1-c1c(ccc(Cl)c1OC)[C@](OP(O)O)(c1ccccc1)C2. The maximum atomic E-state index is 9.93. The molecule has 3 aromatic rings. The van der Waals surface area contributed by atoms with Crippen molar-refractivity contribution in [3.8, 4) is 22.6 Å². The van der Waals surface area contributed by atoms with Crippen LogP contribution in [0.1, 0.15) is 16.7 Å². The number of hydrogen-bond donors (Lipinski definition) is 2. The Hall–Kier alpha value is -1.85. The van der Waals surface area contributed by atoms with Gasteiger partial charge in [0.25, 0.3) is 0 Å². The van der Waals surface area contributed by atoms with Crippen molar-refractivity contribution in [3.05, 3.63) is 81.3 Å². The van der Waals surface area contributed by atoms with Crippen LogP contribution in [0.25, 0.3) is 11.1 Å². The second-order valence-corrected chi connectivity index (χ2v) is 8.33. The molecule has 0 aromatic heterocycles. The van der Waals surface area contributed by atoms with Gasteiger partial charge in [0.15, 0.2) is 0 Å². The second kappa shape index (κ2) is 8.35. The Kier molecular flexibility index (Phi) is 5.95. The second-order valence-electron chi connectivity index (χ2n) is 6.83. The van der Waals surface area contributed by atoms with Crippen molar-refractivity contribution >= 4 is 31.8 Å². The van der Waals surface area contributed by atoms with Crippen molar-refractivity contribution in [1.29, 1.82) is 0 Å². The topological polar surface area (TPSA) is 68.2 Å². The number of methoxy groups -OCH3 is 2. The summed E-state index contributed by atoms with van der Waals surface area (Å²) in [6.45, 7) is 0. The molecule has 0 bridgehead atoms. The average molecular weight is 465 g/mol.